The van der Waals surface area contributed by atoms with Gasteiger partial charge in [-0.2, -0.15) is 13.9 Å². The Hall–Kier alpha value is -2.15. The zero-order valence-electron chi connectivity index (χ0n) is 14.4. The first-order valence-electron chi connectivity index (χ1n) is 8.19. The number of halogens is 4. The molecule has 3 rings (SSSR count). The van der Waals surface area contributed by atoms with Gasteiger partial charge in [-0.05, 0) is 25.1 Å². The van der Waals surface area contributed by atoms with Crippen molar-refractivity contribution in [2.45, 2.75) is 26.6 Å². The molecule has 1 N–H and O–H groups in total. The molecule has 0 bridgehead atoms. The van der Waals surface area contributed by atoms with Crippen molar-refractivity contribution in [1.82, 2.24) is 15.1 Å². The topological polar surface area (TPSA) is 39.1 Å². The van der Waals surface area contributed by atoms with Crippen LogP contribution in [-0.4, -0.2) is 16.4 Å². The van der Waals surface area contributed by atoms with Crippen LogP contribution in [0.25, 0.3) is 5.69 Å². The van der Waals surface area contributed by atoms with Crippen molar-refractivity contribution in [1.29, 1.82) is 0 Å². The number of nitrogens with zero attached hydrogens (tertiary/aromatic N) is 2. The summed E-state index contributed by atoms with van der Waals surface area (Å²) < 4.78 is 31.1. The third-order valence-electron chi connectivity index (χ3n) is 4.01. The second kappa shape index (κ2) is 8.69. The summed E-state index contributed by atoms with van der Waals surface area (Å²) in [6, 6.07) is 13.9. The van der Waals surface area contributed by atoms with Crippen molar-refractivity contribution in [3.05, 3.63) is 75.5 Å². The number of hydrogen-bond donors (Lipinski definition) is 1. The van der Waals surface area contributed by atoms with Crippen LogP contribution >= 0.6 is 23.2 Å². The van der Waals surface area contributed by atoms with E-state index in [4.69, 9.17) is 23.2 Å². The monoisotopic (exact) mass is 411 g/mol. The van der Waals surface area contributed by atoms with Gasteiger partial charge in [0.25, 0.3) is 0 Å². The maximum atomic E-state index is 12.5. The first kappa shape index (κ1) is 19.6. The molecule has 2 aromatic carbocycles. The van der Waals surface area contributed by atoms with Gasteiger partial charge in [-0.1, -0.05) is 53.5 Å². The Morgan fingerprint density at radius 2 is 1.78 bits per heavy atom. The lowest BCUT2D eigenvalue weighted by Gasteiger charge is -2.11. The first-order valence-corrected chi connectivity index (χ1v) is 8.95. The predicted octanol–water partition coefficient (Wildman–Crippen LogP) is 5.38. The van der Waals surface area contributed by atoms with Crippen LogP contribution in [0, 0.1) is 6.92 Å². The third-order valence-corrected chi connectivity index (χ3v) is 4.72. The molecule has 27 heavy (non-hydrogen) atoms. The molecule has 0 amide bonds. The smallest absolute Gasteiger partial charge is 0.387 e. The molecule has 4 nitrogen and oxygen atoms in total. The van der Waals surface area contributed by atoms with Crippen molar-refractivity contribution in [3.63, 3.8) is 0 Å². The Bertz CT molecular complexity index is 931. The van der Waals surface area contributed by atoms with Gasteiger partial charge in [0.2, 0.25) is 0 Å². The molecule has 8 heteroatoms. The predicted molar refractivity (Wildman–Crippen MR) is 102 cm³/mol. The summed E-state index contributed by atoms with van der Waals surface area (Å²) in [6.07, 6.45) is 0. The zero-order valence-corrected chi connectivity index (χ0v) is 15.9. The molecule has 0 radical (unpaired) electrons. The van der Waals surface area contributed by atoms with Gasteiger partial charge in [0.05, 0.1) is 16.4 Å². The number of aryl methyl sites for hydroxylation is 1. The average Bonchev–Trinajstić information content (AvgIpc) is 2.91. The Balaban J connectivity index is 1.74. The molecule has 0 aliphatic rings. The van der Waals surface area contributed by atoms with Gasteiger partial charge in [-0.3, -0.25) is 0 Å². The second-order valence-corrected chi connectivity index (χ2v) is 6.57. The van der Waals surface area contributed by atoms with Crippen LogP contribution in [0.4, 0.5) is 8.78 Å². The van der Waals surface area contributed by atoms with E-state index in [9.17, 15) is 8.78 Å². The van der Waals surface area contributed by atoms with Crippen LogP contribution in [0.1, 0.15) is 16.8 Å². The molecule has 0 aliphatic carbocycles. The van der Waals surface area contributed by atoms with Crippen molar-refractivity contribution in [2.75, 3.05) is 0 Å². The van der Waals surface area contributed by atoms with Crippen molar-refractivity contribution < 1.29 is 13.5 Å². The van der Waals surface area contributed by atoms with Gasteiger partial charge in [-0.25, -0.2) is 4.68 Å². The highest BCUT2D eigenvalue weighted by Crippen LogP contribution is 2.27. The number of para-hydroxylation sites is 2. The lowest BCUT2D eigenvalue weighted by Crippen LogP contribution is -2.15. The largest absolute Gasteiger partial charge is 0.434 e. The Labute approximate surface area is 165 Å². The van der Waals surface area contributed by atoms with Crippen LogP contribution in [-0.2, 0) is 13.1 Å². The van der Waals surface area contributed by atoms with Crippen LogP contribution in [0.5, 0.6) is 5.75 Å². The number of rotatable bonds is 7. The number of ether oxygens (including phenoxy) is 1. The summed E-state index contributed by atoms with van der Waals surface area (Å²) >= 11 is 12.7. The molecular formula is C19H17Cl2F2N3O. The molecule has 0 aliphatic heterocycles. The van der Waals surface area contributed by atoms with Gasteiger partial charge in [0.1, 0.15) is 10.9 Å². The quantitative estimate of drug-likeness (QED) is 0.567. The number of benzene rings is 2. The van der Waals surface area contributed by atoms with Crippen molar-refractivity contribution in [2.24, 2.45) is 0 Å². The van der Waals surface area contributed by atoms with E-state index in [1.165, 1.54) is 6.07 Å². The van der Waals surface area contributed by atoms with Gasteiger partial charge in [0, 0.05) is 24.2 Å². The van der Waals surface area contributed by atoms with E-state index in [-0.39, 0.29) is 5.75 Å². The van der Waals surface area contributed by atoms with E-state index in [1.807, 2.05) is 25.1 Å². The van der Waals surface area contributed by atoms with Crippen LogP contribution in [0.3, 0.4) is 0 Å². The highest BCUT2D eigenvalue weighted by Gasteiger charge is 2.16. The first-order chi connectivity index (χ1) is 13.0. The minimum Gasteiger partial charge on any atom is -0.434 e. The van der Waals surface area contributed by atoms with Gasteiger partial charge < -0.3 is 10.1 Å². The summed E-state index contributed by atoms with van der Waals surface area (Å²) in [5, 5.41) is 8.65. The fraction of sp³-hybridized carbons (Fsp3) is 0.211. The minimum atomic E-state index is -2.86. The molecule has 0 unspecified atom stereocenters. The summed E-state index contributed by atoms with van der Waals surface area (Å²) in [5.41, 5.74) is 2.88. The average molecular weight is 412 g/mol. The number of hydrogen-bond acceptors (Lipinski definition) is 3. The Morgan fingerprint density at radius 3 is 2.52 bits per heavy atom. The van der Waals surface area contributed by atoms with Crippen molar-refractivity contribution >= 4 is 23.2 Å². The van der Waals surface area contributed by atoms with Crippen LogP contribution in [0.2, 0.25) is 10.2 Å². The normalized spacial score (nSPS) is 11.2. The molecule has 0 fully saturated rings. The highest BCUT2D eigenvalue weighted by atomic mass is 35.5. The molecule has 0 spiro atoms. The van der Waals surface area contributed by atoms with Gasteiger partial charge in [0.15, 0.2) is 0 Å². The van der Waals surface area contributed by atoms with Gasteiger partial charge in [-0.15, -0.1) is 0 Å². The number of aromatic nitrogens is 2. The molecule has 0 saturated carbocycles. The standard InChI is InChI=1S/C19H17Cl2F2N3O/c1-12-14(18(21)26(25-12)16-8-4-3-7-15(16)20)11-24-10-13-6-2-5-9-17(13)27-19(22)23/h2-9,19,24H,10-11H2,1H3. The lowest BCUT2D eigenvalue weighted by molar-refractivity contribution is -0.0505. The van der Waals surface area contributed by atoms with E-state index in [1.54, 1.807) is 28.9 Å². The van der Waals surface area contributed by atoms with E-state index >= 15 is 0 Å². The van der Waals surface area contributed by atoms with Crippen LogP contribution in [0.15, 0.2) is 48.5 Å². The second-order valence-electron chi connectivity index (χ2n) is 5.81. The van der Waals surface area contributed by atoms with Crippen molar-refractivity contribution in [3.8, 4) is 11.4 Å². The molecular weight excluding hydrogens is 395 g/mol. The molecule has 142 valence electrons. The van der Waals surface area contributed by atoms with E-state index < -0.39 is 6.61 Å². The van der Waals surface area contributed by atoms with Gasteiger partial charge >= 0.3 is 6.61 Å². The van der Waals surface area contributed by atoms with E-state index in [0.29, 0.717) is 34.5 Å². The summed E-state index contributed by atoms with van der Waals surface area (Å²) in [6.45, 7) is -0.255. The fourth-order valence-corrected chi connectivity index (χ4v) is 3.25. The molecule has 0 atom stereocenters. The molecule has 1 aromatic heterocycles. The maximum absolute atomic E-state index is 12.5. The Morgan fingerprint density at radius 1 is 1.07 bits per heavy atom. The molecule has 3 aromatic rings. The SMILES string of the molecule is Cc1nn(-c2ccccc2Cl)c(Cl)c1CNCc1ccccc1OC(F)F. The lowest BCUT2D eigenvalue weighted by atomic mass is 10.2. The number of alkyl halides is 2. The van der Waals surface area contributed by atoms with Crippen LogP contribution < -0.4 is 10.1 Å². The molecule has 1 heterocycles. The fourth-order valence-electron chi connectivity index (χ4n) is 2.70. The Kier molecular flexibility index (Phi) is 6.31. The summed E-state index contributed by atoms with van der Waals surface area (Å²) in [7, 11) is 0. The third kappa shape index (κ3) is 4.58. The maximum Gasteiger partial charge on any atom is 0.387 e. The van der Waals surface area contributed by atoms with E-state index in [0.717, 1.165) is 11.3 Å². The number of nitrogens with one attached hydrogen (secondary N) is 1. The highest BCUT2D eigenvalue weighted by molar-refractivity contribution is 6.33. The summed E-state index contributed by atoms with van der Waals surface area (Å²) in [4.78, 5) is 0. The minimum absolute atomic E-state index is 0.148. The zero-order chi connectivity index (χ0) is 19.4. The summed E-state index contributed by atoms with van der Waals surface area (Å²) in [5.74, 6) is 0.148. The van der Waals surface area contributed by atoms with E-state index in [2.05, 4.69) is 15.2 Å². The molecule has 0 saturated heterocycles.